The molecule has 0 radical (unpaired) electrons. The molecule has 1 aliphatic heterocycles. The Balaban J connectivity index is 2.18. The number of halogens is 1. The molecule has 18 heavy (non-hydrogen) atoms. The van der Waals surface area contributed by atoms with E-state index < -0.39 is 0 Å². The van der Waals surface area contributed by atoms with Gasteiger partial charge in [0, 0.05) is 13.6 Å². The van der Waals surface area contributed by atoms with Gasteiger partial charge in [-0.3, -0.25) is 9.58 Å². The first-order chi connectivity index (χ1) is 8.67. The van der Waals surface area contributed by atoms with Gasteiger partial charge in [-0.2, -0.15) is 10.4 Å². The zero-order valence-electron chi connectivity index (χ0n) is 11.0. The van der Waals surface area contributed by atoms with E-state index in [4.69, 9.17) is 11.6 Å². The second-order valence-electron chi connectivity index (χ2n) is 4.80. The number of hydrogen-bond donors (Lipinski definition) is 0. The molecule has 0 saturated carbocycles. The van der Waals surface area contributed by atoms with Crippen LogP contribution in [0.5, 0.6) is 0 Å². The topological polar surface area (TPSA) is 44.9 Å². The maximum atomic E-state index is 9.18. The fraction of sp³-hybridized carbons (Fsp3) is 0.692. The molecule has 0 aromatic carbocycles. The van der Waals surface area contributed by atoms with Gasteiger partial charge in [0.25, 0.3) is 0 Å². The molecular weight excluding hydrogens is 248 g/mol. The van der Waals surface area contributed by atoms with Crippen LogP contribution in [-0.4, -0.2) is 27.3 Å². The Labute approximate surface area is 113 Å². The van der Waals surface area contributed by atoms with Gasteiger partial charge in [-0.25, -0.2) is 0 Å². The van der Waals surface area contributed by atoms with Crippen molar-refractivity contribution in [2.75, 3.05) is 6.54 Å². The Morgan fingerprint density at radius 3 is 2.89 bits per heavy atom. The molecule has 98 valence electrons. The van der Waals surface area contributed by atoms with Crippen LogP contribution in [0.4, 0.5) is 0 Å². The number of piperidine rings is 1. The minimum absolute atomic E-state index is 0.0230. The van der Waals surface area contributed by atoms with E-state index in [1.54, 1.807) is 0 Å². The van der Waals surface area contributed by atoms with Gasteiger partial charge < -0.3 is 0 Å². The minimum atomic E-state index is 0.0230. The van der Waals surface area contributed by atoms with Crippen molar-refractivity contribution in [2.45, 2.75) is 45.2 Å². The summed E-state index contributed by atoms with van der Waals surface area (Å²) in [5.41, 5.74) is 1.97. The molecular formula is C13H19ClN4. The van der Waals surface area contributed by atoms with E-state index in [9.17, 15) is 5.26 Å². The van der Waals surface area contributed by atoms with Gasteiger partial charge >= 0.3 is 0 Å². The molecule has 0 N–H and O–H groups in total. The molecule has 1 fully saturated rings. The van der Waals surface area contributed by atoms with Crippen LogP contribution in [0.25, 0.3) is 0 Å². The Morgan fingerprint density at radius 2 is 2.28 bits per heavy atom. The normalized spacial score (nSPS) is 20.9. The zero-order valence-corrected chi connectivity index (χ0v) is 11.7. The van der Waals surface area contributed by atoms with Crippen LogP contribution in [0.1, 0.15) is 37.6 Å². The Hall–Kier alpha value is -1.05. The van der Waals surface area contributed by atoms with E-state index in [2.05, 4.69) is 23.0 Å². The van der Waals surface area contributed by atoms with E-state index >= 15 is 0 Å². The average molecular weight is 267 g/mol. The van der Waals surface area contributed by atoms with Crippen molar-refractivity contribution in [1.29, 1.82) is 5.26 Å². The molecule has 0 bridgehead atoms. The number of aromatic nitrogens is 2. The lowest BCUT2D eigenvalue weighted by Gasteiger charge is -2.31. The van der Waals surface area contributed by atoms with Crippen LogP contribution in [-0.2, 0) is 20.0 Å². The van der Waals surface area contributed by atoms with E-state index in [1.807, 2.05) is 11.7 Å². The lowest BCUT2D eigenvalue weighted by Crippen LogP contribution is -2.38. The largest absolute Gasteiger partial charge is 0.282 e. The Morgan fingerprint density at radius 1 is 1.50 bits per heavy atom. The van der Waals surface area contributed by atoms with Crippen molar-refractivity contribution >= 4 is 11.6 Å². The van der Waals surface area contributed by atoms with Crippen molar-refractivity contribution in [3.05, 3.63) is 16.4 Å². The van der Waals surface area contributed by atoms with Crippen LogP contribution < -0.4 is 0 Å². The molecule has 2 rings (SSSR count). The summed E-state index contributed by atoms with van der Waals surface area (Å²) >= 11 is 6.35. The van der Waals surface area contributed by atoms with Crippen LogP contribution in [0.15, 0.2) is 0 Å². The summed E-state index contributed by atoms with van der Waals surface area (Å²) in [6.07, 6.45) is 4.11. The maximum Gasteiger partial charge on any atom is 0.0981 e. The highest BCUT2D eigenvalue weighted by atomic mass is 35.5. The van der Waals surface area contributed by atoms with Crippen molar-refractivity contribution in [3.63, 3.8) is 0 Å². The fourth-order valence-corrected chi connectivity index (χ4v) is 2.86. The highest BCUT2D eigenvalue weighted by Crippen LogP contribution is 2.25. The lowest BCUT2D eigenvalue weighted by molar-refractivity contribution is 0.172. The molecule has 1 unspecified atom stereocenters. The first-order valence-corrected chi connectivity index (χ1v) is 6.89. The van der Waals surface area contributed by atoms with Crippen molar-refractivity contribution < 1.29 is 0 Å². The molecule has 5 heteroatoms. The van der Waals surface area contributed by atoms with Gasteiger partial charge in [0.15, 0.2) is 0 Å². The third-order valence-electron chi connectivity index (χ3n) is 3.62. The third kappa shape index (κ3) is 2.52. The summed E-state index contributed by atoms with van der Waals surface area (Å²) in [5, 5.41) is 14.4. The Kier molecular flexibility index (Phi) is 4.26. The van der Waals surface area contributed by atoms with Crippen LogP contribution in [0.2, 0.25) is 5.02 Å². The van der Waals surface area contributed by atoms with E-state index in [0.29, 0.717) is 0 Å². The minimum Gasteiger partial charge on any atom is -0.282 e. The summed E-state index contributed by atoms with van der Waals surface area (Å²) < 4.78 is 1.85. The number of nitrogens with zero attached hydrogens (tertiary/aromatic N) is 4. The Bertz CT molecular complexity index is 460. The highest BCUT2D eigenvalue weighted by Gasteiger charge is 2.24. The molecule has 1 aromatic rings. The predicted octanol–water partition coefficient (Wildman–Crippen LogP) is 2.51. The standard InChI is InChI=1S/C13H19ClN4/c1-3-11-13(14)12(17(2)16-11)9-18-7-5-4-6-10(18)8-15/h10H,3-7,9H2,1-2H3. The predicted molar refractivity (Wildman–Crippen MR) is 71.3 cm³/mol. The lowest BCUT2D eigenvalue weighted by atomic mass is 10.0. The molecule has 1 aliphatic rings. The average Bonchev–Trinajstić information content (AvgIpc) is 2.66. The van der Waals surface area contributed by atoms with Gasteiger partial charge in [-0.15, -0.1) is 0 Å². The molecule has 1 atom stereocenters. The van der Waals surface area contributed by atoms with Crippen molar-refractivity contribution in [2.24, 2.45) is 7.05 Å². The third-order valence-corrected chi connectivity index (χ3v) is 4.05. The molecule has 0 amide bonds. The number of hydrogen-bond acceptors (Lipinski definition) is 3. The van der Waals surface area contributed by atoms with E-state index in [0.717, 1.165) is 55.2 Å². The highest BCUT2D eigenvalue weighted by molar-refractivity contribution is 6.31. The van der Waals surface area contributed by atoms with Crippen molar-refractivity contribution in [3.8, 4) is 6.07 Å². The van der Waals surface area contributed by atoms with Crippen LogP contribution in [0, 0.1) is 11.3 Å². The molecule has 2 heterocycles. The number of nitriles is 1. The molecule has 4 nitrogen and oxygen atoms in total. The second-order valence-corrected chi connectivity index (χ2v) is 5.17. The quantitative estimate of drug-likeness (QED) is 0.844. The van der Waals surface area contributed by atoms with Crippen LogP contribution in [0.3, 0.4) is 0 Å². The monoisotopic (exact) mass is 266 g/mol. The molecule has 0 aliphatic carbocycles. The van der Waals surface area contributed by atoms with Crippen molar-refractivity contribution in [1.82, 2.24) is 14.7 Å². The summed E-state index contributed by atoms with van der Waals surface area (Å²) in [6.45, 7) is 3.75. The first kappa shape index (κ1) is 13.4. The van der Waals surface area contributed by atoms with Gasteiger partial charge in [-0.05, 0) is 32.2 Å². The smallest absolute Gasteiger partial charge is 0.0981 e. The molecule has 1 saturated heterocycles. The summed E-state index contributed by atoms with van der Waals surface area (Å²) in [6, 6.07) is 2.41. The fourth-order valence-electron chi connectivity index (χ4n) is 2.51. The zero-order chi connectivity index (χ0) is 13.1. The van der Waals surface area contributed by atoms with Gasteiger partial charge in [0.1, 0.15) is 0 Å². The van der Waals surface area contributed by atoms with Gasteiger partial charge in [0.05, 0.1) is 28.5 Å². The number of likely N-dealkylation sites (tertiary alicyclic amines) is 1. The van der Waals surface area contributed by atoms with Crippen LogP contribution >= 0.6 is 11.6 Å². The summed E-state index contributed by atoms with van der Waals surface area (Å²) in [7, 11) is 1.92. The van der Waals surface area contributed by atoms with Gasteiger partial charge in [0.2, 0.25) is 0 Å². The second kappa shape index (κ2) is 5.73. The maximum absolute atomic E-state index is 9.18. The summed E-state index contributed by atoms with van der Waals surface area (Å²) in [5.74, 6) is 0. The number of rotatable bonds is 3. The SMILES string of the molecule is CCc1nn(C)c(CN2CCCCC2C#N)c1Cl. The first-order valence-electron chi connectivity index (χ1n) is 6.51. The molecule has 1 aromatic heterocycles. The molecule has 0 spiro atoms. The van der Waals surface area contributed by atoms with E-state index in [1.165, 1.54) is 0 Å². The van der Waals surface area contributed by atoms with Gasteiger partial charge in [-0.1, -0.05) is 18.5 Å². The number of aryl methyl sites for hydroxylation is 2. The summed E-state index contributed by atoms with van der Waals surface area (Å²) in [4.78, 5) is 2.21. The van der Waals surface area contributed by atoms with E-state index in [-0.39, 0.29) is 6.04 Å².